The maximum absolute atomic E-state index is 12.0. The van der Waals surface area contributed by atoms with E-state index in [0.717, 1.165) is 0 Å². The predicted molar refractivity (Wildman–Crippen MR) is 74.2 cm³/mol. The van der Waals surface area contributed by atoms with Crippen LogP contribution < -0.4 is 0 Å². The van der Waals surface area contributed by atoms with Crippen molar-refractivity contribution in [2.24, 2.45) is 0 Å². The summed E-state index contributed by atoms with van der Waals surface area (Å²) in [6.45, 7) is 3.71. The van der Waals surface area contributed by atoms with Crippen molar-refractivity contribution in [3.63, 3.8) is 0 Å². The number of hydrogen-bond donors (Lipinski definition) is 0. The van der Waals surface area contributed by atoms with E-state index < -0.39 is 54.4 Å². The van der Waals surface area contributed by atoms with E-state index in [1.54, 1.807) is 0 Å². The number of alkyl halides is 9. The molecule has 0 aromatic rings. The molecule has 0 aliphatic heterocycles. The molecule has 0 saturated carbocycles. The van der Waals surface area contributed by atoms with Gasteiger partial charge in [0.05, 0.1) is 8.58 Å². The Kier molecular flexibility index (Phi) is 20.1. The van der Waals surface area contributed by atoms with Gasteiger partial charge >= 0.3 is 49.7 Å². The fourth-order valence-electron chi connectivity index (χ4n) is 0.807. The number of rotatable bonds is 4. The van der Waals surface area contributed by atoms with Crippen molar-refractivity contribution in [1.82, 2.24) is 0 Å². The van der Waals surface area contributed by atoms with Gasteiger partial charge in [-0.2, -0.15) is 39.5 Å². The molecule has 2 atom stereocenters. The van der Waals surface area contributed by atoms with Gasteiger partial charge in [-0.15, -0.1) is 0 Å². The van der Waals surface area contributed by atoms with E-state index in [0.29, 0.717) is 0 Å². The van der Waals surface area contributed by atoms with Crippen LogP contribution in [0.15, 0.2) is 0 Å². The third-order valence-electron chi connectivity index (χ3n) is 2.01. The Balaban J connectivity index is -0.000000165. The summed E-state index contributed by atoms with van der Waals surface area (Å²) in [5.41, 5.74) is 0. The fourth-order valence-corrected chi connectivity index (χ4v) is 0.807. The van der Waals surface area contributed by atoms with Crippen molar-refractivity contribution in [3.05, 3.63) is 0 Å². The molecule has 0 amide bonds. The second-order valence-corrected chi connectivity index (χ2v) is 5.46. The minimum absolute atomic E-state index is 0.500. The van der Waals surface area contributed by atoms with E-state index in [-0.39, 0.29) is 0 Å². The van der Waals surface area contributed by atoms with Crippen LogP contribution in [0.2, 0.25) is 0 Å². The second-order valence-electron chi connectivity index (χ2n) is 4.14. The van der Waals surface area contributed by atoms with Gasteiger partial charge < -0.3 is 0 Å². The molecular weight excluding hydrogens is 488 g/mol. The van der Waals surface area contributed by atoms with Gasteiger partial charge in [-0.3, -0.25) is 0 Å². The van der Waals surface area contributed by atoms with Gasteiger partial charge in [0.2, 0.25) is 0 Å². The number of unbranched alkanes of at least 4 members (excludes halogenated alkanes) is 2. The molecule has 0 aliphatic carbocycles. The summed E-state index contributed by atoms with van der Waals surface area (Å²) in [6.07, 6.45) is -2.65. The van der Waals surface area contributed by atoms with Crippen LogP contribution in [0.25, 0.3) is 0 Å². The van der Waals surface area contributed by atoms with E-state index in [1.807, 2.05) is 8.93 Å². The summed E-state index contributed by atoms with van der Waals surface area (Å²) in [4.78, 5) is 0. The van der Waals surface area contributed by atoms with Crippen LogP contribution in [0, 0.1) is 0 Å². The first kappa shape index (κ1) is 34.0. The summed E-state index contributed by atoms with van der Waals surface area (Å²) < 4.78 is 145. The summed E-state index contributed by atoms with van der Waals surface area (Å²) in [7, 11) is 1.44. The molecule has 0 N–H and O–H groups in total. The molecule has 0 aliphatic rings. The molecule has 0 radical (unpaired) electrons. The van der Waals surface area contributed by atoms with Crippen LogP contribution in [0.5, 0.6) is 0 Å². The Bertz CT molecular complexity index is 288. The van der Waals surface area contributed by atoms with Gasteiger partial charge in [0.25, 0.3) is 0 Å². The second kappa shape index (κ2) is 15.4. The molecule has 0 aromatic carbocycles. The van der Waals surface area contributed by atoms with Crippen molar-refractivity contribution < 1.29 is 69.5 Å². The normalized spacial score (nSPS) is 13.0. The first-order valence-electron chi connectivity index (χ1n) is 6.22. The summed E-state index contributed by atoms with van der Waals surface area (Å²) in [5.74, 6) is -18.7. The van der Waals surface area contributed by atoms with E-state index in [4.69, 9.17) is 0 Å². The summed E-state index contributed by atoms with van der Waals surface area (Å²) >= 11 is -4.10. The van der Waals surface area contributed by atoms with Gasteiger partial charge in [-0.25, -0.2) is 4.20 Å². The maximum atomic E-state index is 12.0. The van der Waals surface area contributed by atoms with E-state index >= 15 is 0 Å². The van der Waals surface area contributed by atoms with Gasteiger partial charge in [0.15, 0.2) is 0 Å². The average molecular weight is 506 g/mol. The zero-order valence-electron chi connectivity index (χ0n) is 13.4. The molecule has 0 bridgehead atoms. The minimum atomic E-state index is -6.77. The van der Waals surface area contributed by atoms with Gasteiger partial charge in [-0.1, -0.05) is 42.0 Å². The Morgan fingerprint density at radius 2 is 1.00 bits per heavy atom. The fraction of sp³-hybridized carbons (Fsp3) is 1.00. The monoisotopic (exact) mass is 506 g/mol. The zero-order valence-corrected chi connectivity index (χ0v) is 16.6. The predicted octanol–water partition coefficient (Wildman–Crippen LogP) is 8.27. The summed E-state index contributed by atoms with van der Waals surface area (Å²) in [6, 6.07) is 0. The quantitative estimate of drug-likeness (QED) is 0.266. The van der Waals surface area contributed by atoms with Gasteiger partial charge in [-0.05, 0) is 0 Å². The van der Waals surface area contributed by atoms with E-state index in [1.165, 1.54) is 19.3 Å². The molecule has 26 heavy (non-hydrogen) atoms. The van der Waals surface area contributed by atoms with Crippen molar-refractivity contribution >= 4 is 17.5 Å². The molecule has 0 heterocycles. The number of hydrogen-bond acceptors (Lipinski definition) is 0. The average Bonchev–Trinajstić information content (AvgIpc) is 2.37. The molecule has 16 heteroatoms. The van der Waals surface area contributed by atoms with Gasteiger partial charge in [0.1, 0.15) is 0 Å². The third kappa shape index (κ3) is 15.5. The standard InChI is InChI=1S/C5H3F9.C5H12.Co.FH3P2.3FH/c1-2(6,7)3(8,9)4(10,11)5(12,13)14;1-3-5-4-2;;1-3-2;;;/h1H3;3-5H2,1-2H3;;3H,2H2;3*1H/q;;+3;;;;/p-3. The van der Waals surface area contributed by atoms with E-state index in [9.17, 15) is 54.5 Å². The Hall–Kier alpha value is 0.456. The topological polar surface area (TPSA) is 0 Å². The molecular formula is C10H18CoF13P2. The molecule has 0 fully saturated rings. The Morgan fingerprint density at radius 1 is 0.769 bits per heavy atom. The van der Waals surface area contributed by atoms with Crippen molar-refractivity contribution in [2.75, 3.05) is 0 Å². The third-order valence-corrected chi connectivity index (χ3v) is 2.01. The first-order valence-corrected chi connectivity index (χ1v) is 10.1. The molecule has 0 aromatic heterocycles. The van der Waals surface area contributed by atoms with Crippen LogP contribution in [0.1, 0.15) is 40.0 Å². The van der Waals surface area contributed by atoms with Crippen molar-refractivity contribution in [2.45, 2.75) is 64.0 Å². The number of halogens is 13. The molecule has 168 valence electrons. The van der Waals surface area contributed by atoms with Crippen LogP contribution in [-0.2, 0) is 15.0 Å². The molecule has 0 saturated heterocycles. The first-order chi connectivity index (χ1) is 11.3. The zero-order chi connectivity index (χ0) is 22.4. The van der Waals surface area contributed by atoms with E-state index in [2.05, 4.69) is 13.8 Å². The van der Waals surface area contributed by atoms with Crippen molar-refractivity contribution in [3.8, 4) is 0 Å². The SMILES string of the molecule is CC(F)(F)C(F)(F)C(F)(F)C(F)(F)F.CCCCC.FPP.[F][Co]([F])[F]. The molecule has 0 nitrogen and oxygen atoms in total. The van der Waals surface area contributed by atoms with Crippen molar-refractivity contribution in [1.29, 1.82) is 0 Å². The molecule has 0 rings (SSSR count). The molecule has 2 unspecified atom stereocenters. The van der Waals surface area contributed by atoms with Gasteiger partial charge in [0, 0.05) is 6.92 Å². The summed E-state index contributed by atoms with van der Waals surface area (Å²) in [5, 5.41) is 0. The Labute approximate surface area is 151 Å². The van der Waals surface area contributed by atoms with Crippen LogP contribution in [0.3, 0.4) is 0 Å². The van der Waals surface area contributed by atoms with Crippen LogP contribution in [-0.4, -0.2) is 23.9 Å². The van der Waals surface area contributed by atoms with Crippen LogP contribution >= 0.6 is 17.5 Å². The Morgan fingerprint density at radius 3 is 1.04 bits per heavy atom. The van der Waals surface area contributed by atoms with Crippen LogP contribution in [0.4, 0.5) is 54.5 Å². The molecule has 0 spiro atoms.